The Balaban J connectivity index is 0.00000220. The number of carbonyl (C=O) groups excluding carboxylic acids is 1. The van der Waals surface area contributed by atoms with Crippen molar-refractivity contribution in [1.82, 2.24) is 15.5 Å². The van der Waals surface area contributed by atoms with Crippen molar-refractivity contribution in [2.45, 2.75) is 57.9 Å². The minimum absolute atomic E-state index is 0. The smallest absolute Gasteiger partial charge is 0.220 e. The van der Waals surface area contributed by atoms with Gasteiger partial charge in [0.05, 0.1) is 0 Å². The second kappa shape index (κ2) is 12.4. The van der Waals surface area contributed by atoms with Gasteiger partial charge in [-0.3, -0.25) is 4.79 Å². The van der Waals surface area contributed by atoms with Crippen LogP contribution in [0.2, 0.25) is 0 Å². The SMILES string of the molecule is CC(CN1CCCCC1)NC(=O)CCC1CCNCC1.Cl.Cl. The third-order valence-corrected chi connectivity index (χ3v) is 4.63. The molecule has 0 aliphatic carbocycles. The lowest BCUT2D eigenvalue weighted by atomic mass is 9.93. The topological polar surface area (TPSA) is 44.4 Å². The monoisotopic (exact) mass is 353 g/mol. The molecule has 0 aromatic heterocycles. The van der Waals surface area contributed by atoms with Crippen molar-refractivity contribution >= 4 is 30.7 Å². The number of hydrogen-bond donors (Lipinski definition) is 2. The summed E-state index contributed by atoms with van der Waals surface area (Å²) in [6.45, 7) is 7.80. The Labute approximate surface area is 148 Å². The van der Waals surface area contributed by atoms with Gasteiger partial charge in [0.1, 0.15) is 0 Å². The van der Waals surface area contributed by atoms with E-state index in [1.807, 2.05) is 0 Å². The Bertz CT molecular complexity index is 293. The molecule has 4 nitrogen and oxygen atoms in total. The summed E-state index contributed by atoms with van der Waals surface area (Å²) < 4.78 is 0. The van der Waals surface area contributed by atoms with Crippen molar-refractivity contribution in [3.05, 3.63) is 0 Å². The van der Waals surface area contributed by atoms with Crippen LogP contribution in [0.1, 0.15) is 51.9 Å². The molecular weight excluding hydrogens is 321 g/mol. The normalized spacial score (nSPS) is 21.3. The first-order valence-electron chi connectivity index (χ1n) is 8.46. The third kappa shape index (κ3) is 8.56. The molecular formula is C16H33Cl2N3O. The van der Waals surface area contributed by atoms with Gasteiger partial charge in [-0.1, -0.05) is 6.42 Å². The van der Waals surface area contributed by atoms with Crippen LogP contribution in [0.15, 0.2) is 0 Å². The first-order chi connectivity index (χ1) is 9.74. The highest BCUT2D eigenvalue weighted by atomic mass is 35.5. The molecule has 2 aliphatic rings. The van der Waals surface area contributed by atoms with E-state index in [0.29, 0.717) is 6.42 Å². The molecule has 2 saturated heterocycles. The van der Waals surface area contributed by atoms with Crippen LogP contribution in [0, 0.1) is 5.92 Å². The molecule has 1 amide bonds. The number of hydrogen-bond acceptors (Lipinski definition) is 3. The van der Waals surface area contributed by atoms with E-state index in [2.05, 4.69) is 22.5 Å². The average molecular weight is 354 g/mol. The Morgan fingerprint density at radius 2 is 1.82 bits per heavy atom. The predicted molar refractivity (Wildman–Crippen MR) is 97.2 cm³/mol. The van der Waals surface area contributed by atoms with Gasteiger partial charge in [-0.15, -0.1) is 24.8 Å². The van der Waals surface area contributed by atoms with E-state index in [9.17, 15) is 4.79 Å². The molecule has 132 valence electrons. The molecule has 0 spiro atoms. The van der Waals surface area contributed by atoms with Crippen LogP contribution in [0.3, 0.4) is 0 Å². The summed E-state index contributed by atoms with van der Waals surface area (Å²) in [5.41, 5.74) is 0. The molecule has 2 aliphatic heterocycles. The largest absolute Gasteiger partial charge is 0.352 e. The third-order valence-electron chi connectivity index (χ3n) is 4.63. The number of likely N-dealkylation sites (tertiary alicyclic amines) is 1. The van der Waals surface area contributed by atoms with Crippen LogP contribution in [0.4, 0.5) is 0 Å². The standard InChI is InChI=1S/C16H31N3O.2ClH/c1-14(13-19-11-3-2-4-12-19)18-16(20)6-5-15-7-9-17-10-8-15;;/h14-15,17H,2-13H2,1H3,(H,18,20);2*1H. The van der Waals surface area contributed by atoms with Gasteiger partial charge in [-0.2, -0.15) is 0 Å². The van der Waals surface area contributed by atoms with Crippen molar-refractivity contribution in [2.24, 2.45) is 5.92 Å². The molecule has 2 rings (SSSR count). The molecule has 1 unspecified atom stereocenters. The van der Waals surface area contributed by atoms with Gasteiger partial charge in [0.15, 0.2) is 0 Å². The molecule has 0 radical (unpaired) electrons. The van der Waals surface area contributed by atoms with Crippen molar-refractivity contribution in [2.75, 3.05) is 32.7 Å². The van der Waals surface area contributed by atoms with E-state index in [0.717, 1.165) is 32.0 Å². The number of nitrogens with zero attached hydrogens (tertiary/aromatic N) is 1. The minimum Gasteiger partial charge on any atom is -0.352 e. The molecule has 0 aromatic rings. The number of nitrogens with one attached hydrogen (secondary N) is 2. The van der Waals surface area contributed by atoms with E-state index in [-0.39, 0.29) is 36.8 Å². The summed E-state index contributed by atoms with van der Waals surface area (Å²) in [5.74, 6) is 0.993. The molecule has 6 heteroatoms. The molecule has 2 heterocycles. The van der Waals surface area contributed by atoms with Crippen molar-refractivity contribution in [3.63, 3.8) is 0 Å². The zero-order chi connectivity index (χ0) is 14.2. The van der Waals surface area contributed by atoms with Gasteiger partial charge < -0.3 is 15.5 Å². The molecule has 0 bridgehead atoms. The van der Waals surface area contributed by atoms with Crippen LogP contribution < -0.4 is 10.6 Å². The Morgan fingerprint density at radius 1 is 1.18 bits per heavy atom. The maximum atomic E-state index is 12.0. The molecule has 2 N–H and O–H groups in total. The number of piperidine rings is 2. The molecule has 22 heavy (non-hydrogen) atoms. The Morgan fingerprint density at radius 3 is 2.45 bits per heavy atom. The maximum Gasteiger partial charge on any atom is 0.220 e. The van der Waals surface area contributed by atoms with Gasteiger partial charge in [0.2, 0.25) is 5.91 Å². The Hall–Kier alpha value is -0.0300. The summed E-state index contributed by atoms with van der Waals surface area (Å²) in [6.07, 6.45) is 8.23. The van der Waals surface area contributed by atoms with Crippen molar-refractivity contribution in [1.29, 1.82) is 0 Å². The molecule has 1 atom stereocenters. The number of amides is 1. The summed E-state index contributed by atoms with van der Waals surface area (Å²) >= 11 is 0. The first kappa shape index (κ1) is 22.0. The number of carbonyl (C=O) groups is 1. The van der Waals surface area contributed by atoms with Gasteiger partial charge in [0.25, 0.3) is 0 Å². The van der Waals surface area contributed by atoms with Crippen LogP contribution >= 0.6 is 24.8 Å². The van der Waals surface area contributed by atoms with Crippen LogP contribution in [-0.4, -0.2) is 49.6 Å². The quantitative estimate of drug-likeness (QED) is 0.771. The molecule has 0 saturated carbocycles. The zero-order valence-corrected chi connectivity index (χ0v) is 15.4. The van der Waals surface area contributed by atoms with Gasteiger partial charge >= 0.3 is 0 Å². The van der Waals surface area contributed by atoms with E-state index in [4.69, 9.17) is 0 Å². The van der Waals surface area contributed by atoms with Gasteiger partial charge in [-0.25, -0.2) is 0 Å². The van der Waals surface area contributed by atoms with Crippen molar-refractivity contribution < 1.29 is 4.79 Å². The van der Waals surface area contributed by atoms with Crippen LogP contribution in [0.25, 0.3) is 0 Å². The highest BCUT2D eigenvalue weighted by Gasteiger charge is 2.17. The maximum absolute atomic E-state index is 12.0. The number of halogens is 2. The van der Waals surface area contributed by atoms with E-state index >= 15 is 0 Å². The van der Waals surface area contributed by atoms with E-state index in [1.54, 1.807) is 0 Å². The van der Waals surface area contributed by atoms with E-state index < -0.39 is 0 Å². The molecule has 2 fully saturated rings. The highest BCUT2D eigenvalue weighted by Crippen LogP contribution is 2.17. The van der Waals surface area contributed by atoms with Crippen LogP contribution in [-0.2, 0) is 4.79 Å². The highest BCUT2D eigenvalue weighted by molar-refractivity contribution is 5.85. The Kier molecular flexibility index (Phi) is 12.4. The average Bonchev–Trinajstić information content (AvgIpc) is 2.47. The fourth-order valence-electron chi connectivity index (χ4n) is 3.43. The lowest BCUT2D eigenvalue weighted by Gasteiger charge is -2.29. The summed E-state index contributed by atoms with van der Waals surface area (Å²) in [7, 11) is 0. The summed E-state index contributed by atoms with van der Waals surface area (Å²) in [4.78, 5) is 14.5. The second-order valence-electron chi connectivity index (χ2n) is 6.56. The van der Waals surface area contributed by atoms with E-state index in [1.165, 1.54) is 45.2 Å². The fraction of sp³-hybridized carbons (Fsp3) is 0.938. The lowest BCUT2D eigenvalue weighted by Crippen LogP contribution is -2.43. The van der Waals surface area contributed by atoms with Crippen molar-refractivity contribution in [3.8, 4) is 0 Å². The first-order valence-corrected chi connectivity index (χ1v) is 8.46. The minimum atomic E-state index is 0. The molecule has 0 aromatic carbocycles. The summed E-state index contributed by atoms with van der Waals surface area (Å²) in [5, 5.41) is 6.54. The lowest BCUT2D eigenvalue weighted by molar-refractivity contribution is -0.122. The number of rotatable bonds is 6. The summed E-state index contributed by atoms with van der Waals surface area (Å²) in [6, 6.07) is 0.286. The van der Waals surface area contributed by atoms with Gasteiger partial charge in [0, 0.05) is 19.0 Å². The van der Waals surface area contributed by atoms with Crippen LogP contribution in [0.5, 0.6) is 0 Å². The fourth-order valence-corrected chi connectivity index (χ4v) is 3.43. The second-order valence-corrected chi connectivity index (χ2v) is 6.56. The predicted octanol–water partition coefficient (Wildman–Crippen LogP) is 2.60. The van der Waals surface area contributed by atoms with Gasteiger partial charge in [-0.05, 0) is 71.1 Å². The zero-order valence-electron chi connectivity index (χ0n) is 13.8.